The van der Waals surface area contributed by atoms with Gasteiger partial charge < -0.3 is 9.47 Å². The zero-order chi connectivity index (χ0) is 14.7. The molecule has 2 aromatic carbocycles. The molecule has 0 radical (unpaired) electrons. The Kier molecular flexibility index (Phi) is 5.03. The summed E-state index contributed by atoms with van der Waals surface area (Å²) >= 11 is 18.6. The van der Waals surface area contributed by atoms with Gasteiger partial charge in [-0.3, -0.25) is 0 Å². The van der Waals surface area contributed by atoms with E-state index >= 15 is 0 Å². The van der Waals surface area contributed by atoms with Crippen LogP contribution in [0, 0.1) is 0 Å². The normalized spacial score (nSPS) is 12.1. The summed E-state index contributed by atoms with van der Waals surface area (Å²) in [5.74, 6) is 1.06. The molecule has 2 rings (SSSR count). The lowest BCUT2D eigenvalue weighted by Gasteiger charge is -2.17. The van der Waals surface area contributed by atoms with E-state index in [-0.39, 0.29) is 5.38 Å². The molecule has 2 aromatic rings. The van der Waals surface area contributed by atoms with Crippen molar-refractivity contribution in [1.29, 1.82) is 0 Å². The van der Waals surface area contributed by atoms with Crippen LogP contribution in [0.4, 0.5) is 0 Å². The molecule has 0 aliphatic rings. The molecule has 1 atom stereocenters. The van der Waals surface area contributed by atoms with Crippen molar-refractivity contribution in [3.8, 4) is 11.5 Å². The van der Waals surface area contributed by atoms with E-state index in [2.05, 4.69) is 0 Å². The number of rotatable bonds is 4. The lowest BCUT2D eigenvalue weighted by molar-refractivity contribution is 0.392. The van der Waals surface area contributed by atoms with Crippen molar-refractivity contribution >= 4 is 34.8 Å². The van der Waals surface area contributed by atoms with Gasteiger partial charge in [0.25, 0.3) is 0 Å². The number of alkyl halides is 1. The van der Waals surface area contributed by atoms with Crippen molar-refractivity contribution < 1.29 is 9.47 Å². The highest BCUT2D eigenvalue weighted by molar-refractivity contribution is 6.34. The number of hydrogen-bond donors (Lipinski definition) is 0. The maximum Gasteiger partial charge on any atom is 0.146 e. The third-order valence-electron chi connectivity index (χ3n) is 2.95. The van der Waals surface area contributed by atoms with E-state index in [4.69, 9.17) is 44.3 Å². The second-order valence-electron chi connectivity index (χ2n) is 4.12. The second-order valence-corrected chi connectivity index (χ2v) is 5.37. The standard InChI is InChI=1S/C15H13Cl3O2/c1-19-12-8-7-11(15(20-2)14(12)18)13(17)9-3-5-10(16)6-4-9/h3-8,13H,1-2H3. The van der Waals surface area contributed by atoms with Crippen LogP contribution in [0.1, 0.15) is 16.5 Å². The van der Waals surface area contributed by atoms with Crippen molar-refractivity contribution in [2.45, 2.75) is 5.38 Å². The maximum atomic E-state index is 6.51. The van der Waals surface area contributed by atoms with Gasteiger partial charge in [0.05, 0.1) is 19.6 Å². The van der Waals surface area contributed by atoms with E-state index < -0.39 is 0 Å². The van der Waals surface area contributed by atoms with E-state index in [0.29, 0.717) is 21.5 Å². The van der Waals surface area contributed by atoms with Gasteiger partial charge in [0.2, 0.25) is 0 Å². The Morgan fingerprint density at radius 3 is 2.10 bits per heavy atom. The molecule has 2 nitrogen and oxygen atoms in total. The van der Waals surface area contributed by atoms with Crippen LogP contribution in [0.15, 0.2) is 36.4 Å². The third kappa shape index (κ3) is 2.98. The highest BCUT2D eigenvalue weighted by atomic mass is 35.5. The zero-order valence-electron chi connectivity index (χ0n) is 11.0. The Hall–Kier alpha value is -1.09. The Balaban J connectivity index is 2.46. The number of hydrogen-bond acceptors (Lipinski definition) is 2. The monoisotopic (exact) mass is 330 g/mol. The highest BCUT2D eigenvalue weighted by Gasteiger charge is 2.20. The van der Waals surface area contributed by atoms with Crippen LogP contribution in [0.25, 0.3) is 0 Å². The molecule has 0 saturated carbocycles. The van der Waals surface area contributed by atoms with E-state index in [1.165, 1.54) is 0 Å². The molecular weight excluding hydrogens is 319 g/mol. The van der Waals surface area contributed by atoms with Crippen LogP contribution in [-0.2, 0) is 0 Å². The highest BCUT2D eigenvalue weighted by Crippen LogP contribution is 2.43. The summed E-state index contributed by atoms with van der Waals surface area (Å²) < 4.78 is 10.5. The fraction of sp³-hybridized carbons (Fsp3) is 0.200. The SMILES string of the molecule is COc1ccc(C(Cl)c2ccc(Cl)cc2)c(OC)c1Cl. The van der Waals surface area contributed by atoms with E-state index in [1.54, 1.807) is 32.4 Å². The maximum absolute atomic E-state index is 6.51. The Labute approximate surface area is 133 Å². The second kappa shape index (κ2) is 6.57. The lowest BCUT2D eigenvalue weighted by Crippen LogP contribution is -1.99. The summed E-state index contributed by atoms with van der Waals surface area (Å²) in [6.45, 7) is 0. The van der Waals surface area contributed by atoms with E-state index in [0.717, 1.165) is 11.1 Å². The van der Waals surface area contributed by atoms with Gasteiger partial charge in [0, 0.05) is 10.6 Å². The van der Waals surface area contributed by atoms with E-state index in [1.807, 2.05) is 18.2 Å². The van der Waals surface area contributed by atoms with Crippen molar-refractivity contribution in [1.82, 2.24) is 0 Å². The number of benzene rings is 2. The predicted molar refractivity (Wildman–Crippen MR) is 83.7 cm³/mol. The lowest BCUT2D eigenvalue weighted by atomic mass is 10.0. The average Bonchev–Trinajstić information content (AvgIpc) is 2.47. The first-order valence-corrected chi connectivity index (χ1v) is 7.07. The molecule has 0 heterocycles. The van der Waals surface area contributed by atoms with Crippen LogP contribution in [0.2, 0.25) is 10.0 Å². The van der Waals surface area contributed by atoms with Crippen molar-refractivity contribution in [2.75, 3.05) is 14.2 Å². The first-order valence-electron chi connectivity index (χ1n) is 5.88. The Bertz CT molecular complexity index is 597. The molecule has 0 aromatic heterocycles. The van der Waals surface area contributed by atoms with Gasteiger partial charge in [0.1, 0.15) is 16.5 Å². The van der Waals surface area contributed by atoms with Crippen LogP contribution in [-0.4, -0.2) is 14.2 Å². The van der Waals surface area contributed by atoms with Crippen LogP contribution >= 0.6 is 34.8 Å². The molecule has 1 unspecified atom stereocenters. The Morgan fingerprint density at radius 1 is 0.900 bits per heavy atom. The molecule has 0 spiro atoms. The summed E-state index contributed by atoms with van der Waals surface area (Å²) in [5.41, 5.74) is 1.69. The first kappa shape index (κ1) is 15.3. The molecular formula is C15H13Cl3O2. The summed E-state index contributed by atoms with van der Waals surface area (Å²) in [5, 5.41) is 0.690. The topological polar surface area (TPSA) is 18.5 Å². The molecule has 0 aliphatic carbocycles. The minimum absolute atomic E-state index is 0.384. The quantitative estimate of drug-likeness (QED) is 0.704. The van der Waals surface area contributed by atoms with Gasteiger partial charge in [-0.1, -0.05) is 35.3 Å². The van der Waals surface area contributed by atoms with E-state index in [9.17, 15) is 0 Å². The van der Waals surface area contributed by atoms with Crippen LogP contribution < -0.4 is 9.47 Å². The van der Waals surface area contributed by atoms with Crippen molar-refractivity contribution in [3.63, 3.8) is 0 Å². The van der Waals surface area contributed by atoms with Crippen LogP contribution in [0.5, 0.6) is 11.5 Å². The Morgan fingerprint density at radius 2 is 1.55 bits per heavy atom. The van der Waals surface area contributed by atoms with Gasteiger partial charge in [0.15, 0.2) is 0 Å². The summed E-state index contributed by atoms with van der Waals surface area (Å²) in [4.78, 5) is 0. The van der Waals surface area contributed by atoms with Crippen molar-refractivity contribution in [3.05, 3.63) is 57.6 Å². The van der Waals surface area contributed by atoms with Crippen molar-refractivity contribution in [2.24, 2.45) is 0 Å². The summed E-state index contributed by atoms with van der Waals surface area (Å²) in [6.07, 6.45) is 0. The van der Waals surface area contributed by atoms with Gasteiger partial charge in [-0.25, -0.2) is 0 Å². The third-order valence-corrected chi connectivity index (χ3v) is 4.05. The van der Waals surface area contributed by atoms with Gasteiger partial charge in [-0.2, -0.15) is 0 Å². The molecule has 106 valence electrons. The number of methoxy groups -OCH3 is 2. The average molecular weight is 332 g/mol. The molecule has 0 fully saturated rings. The molecule has 20 heavy (non-hydrogen) atoms. The smallest absolute Gasteiger partial charge is 0.146 e. The van der Waals surface area contributed by atoms with Gasteiger partial charge >= 0.3 is 0 Å². The molecule has 0 amide bonds. The molecule has 0 aliphatic heterocycles. The van der Waals surface area contributed by atoms with Gasteiger partial charge in [-0.05, 0) is 29.8 Å². The fourth-order valence-electron chi connectivity index (χ4n) is 1.93. The fourth-order valence-corrected chi connectivity index (χ4v) is 2.70. The predicted octanol–water partition coefficient (Wildman–Crippen LogP) is 5.34. The van der Waals surface area contributed by atoms with Gasteiger partial charge in [-0.15, -0.1) is 11.6 Å². The largest absolute Gasteiger partial charge is 0.495 e. The number of halogens is 3. The first-order chi connectivity index (χ1) is 9.58. The van der Waals surface area contributed by atoms with Crippen LogP contribution in [0.3, 0.4) is 0 Å². The molecule has 0 saturated heterocycles. The zero-order valence-corrected chi connectivity index (χ0v) is 13.3. The summed E-state index contributed by atoms with van der Waals surface area (Å²) in [7, 11) is 3.10. The minimum atomic E-state index is -0.384. The summed E-state index contributed by atoms with van der Waals surface area (Å²) in [6, 6.07) is 10.9. The molecule has 0 bridgehead atoms. The molecule has 0 N–H and O–H groups in total. The number of ether oxygens (including phenoxy) is 2. The minimum Gasteiger partial charge on any atom is -0.495 e. The molecule has 5 heteroatoms.